The predicted octanol–water partition coefficient (Wildman–Crippen LogP) is 3.50. The lowest BCUT2D eigenvalue weighted by Crippen LogP contribution is -2.41. The molecule has 0 spiro atoms. The van der Waals surface area contributed by atoms with E-state index in [4.69, 9.17) is 0 Å². The Morgan fingerprint density at radius 1 is 1.21 bits per heavy atom. The number of pyridine rings is 1. The third-order valence-corrected chi connectivity index (χ3v) is 4.66. The zero-order chi connectivity index (χ0) is 21.5. The molecular formula is C20H21F3N4O2. The Hall–Kier alpha value is -3.10. The Kier molecular flexibility index (Phi) is 5.25. The second kappa shape index (κ2) is 7.38. The molecule has 29 heavy (non-hydrogen) atoms. The maximum Gasteiger partial charge on any atom is 0.417 e. The van der Waals surface area contributed by atoms with Crippen molar-refractivity contribution < 1.29 is 18.0 Å². The lowest BCUT2D eigenvalue weighted by Gasteiger charge is -2.27. The molecule has 1 aromatic carbocycles. The zero-order valence-corrected chi connectivity index (χ0v) is 16.5. The topological polar surface area (TPSA) is 60.1 Å². The third kappa shape index (κ3) is 3.76. The number of hydrogen-bond acceptors (Lipinski definition) is 3. The molecule has 9 heteroatoms. The highest BCUT2D eigenvalue weighted by Gasteiger charge is 2.36. The second-order valence-corrected chi connectivity index (χ2v) is 7.09. The van der Waals surface area contributed by atoms with E-state index in [1.165, 1.54) is 23.6 Å². The largest absolute Gasteiger partial charge is 0.417 e. The molecule has 2 aromatic heterocycles. The number of halogens is 3. The Morgan fingerprint density at radius 3 is 2.38 bits per heavy atom. The standard InChI is InChI=1S/C20H21F3N4O2/c1-12(2)27(14-8-6-5-7-9-14)16(28)11-26-19(29)17-15(20(21,22)23)10-13(3)24-18(17)25(26)4/h5-10,12H,11H2,1-4H3. The Bertz CT molecular complexity index is 1110. The van der Waals surface area contributed by atoms with Crippen LogP contribution in [0.4, 0.5) is 18.9 Å². The molecule has 0 atom stereocenters. The van der Waals surface area contributed by atoms with Gasteiger partial charge in [0.15, 0.2) is 5.65 Å². The van der Waals surface area contributed by atoms with Gasteiger partial charge in [-0.1, -0.05) is 18.2 Å². The number of para-hydroxylation sites is 1. The minimum Gasteiger partial charge on any atom is -0.308 e. The molecule has 3 aromatic rings. The molecule has 154 valence electrons. The maximum absolute atomic E-state index is 13.5. The minimum atomic E-state index is -4.71. The number of nitrogens with zero attached hydrogens (tertiary/aromatic N) is 4. The second-order valence-electron chi connectivity index (χ2n) is 7.09. The summed E-state index contributed by atoms with van der Waals surface area (Å²) in [5.74, 6) is -0.413. The molecule has 0 bridgehead atoms. The minimum absolute atomic E-state index is 0.106. The Balaban J connectivity index is 2.11. The van der Waals surface area contributed by atoms with Gasteiger partial charge in [-0.05, 0) is 39.0 Å². The summed E-state index contributed by atoms with van der Waals surface area (Å²) in [4.78, 5) is 31.4. The zero-order valence-electron chi connectivity index (χ0n) is 16.5. The van der Waals surface area contributed by atoms with Crippen LogP contribution in [0.5, 0.6) is 0 Å². The van der Waals surface area contributed by atoms with Crippen LogP contribution < -0.4 is 10.5 Å². The van der Waals surface area contributed by atoms with Crippen LogP contribution in [-0.4, -0.2) is 26.3 Å². The number of amides is 1. The number of aryl methyl sites for hydroxylation is 2. The number of carbonyl (C=O) groups excluding carboxylic acids is 1. The van der Waals surface area contributed by atoms with Gasteiger partial charge >= 0.3 is 6.18 Å². The monoisotopic (exact) mass is 406 g/mol. The summed E-state index contributed by atoms with van der Waals surface area (Å²) < 4.78 is 42.6. The summed E-state index contributed by atoms with van der Waals surface area (Å²) in [7, 11) is 1.42. The maximum atomic E-state index is 13.5. The van der Waals surface area contributed by atoms with Crippen LogP contribution in [0.3, 0.4) is 0 Å². The first-order valence-electron chi connectivity index (χ1n) is 9.03. The van der Waals surface area contributed by atoms with Crippen molar-refractivity contribution in [1.82, 2.24) is 14.3 Å². The molecule has 3 rings (SSSR count). The van der Waals surface area contributed by atoms with Gasteiger partial charge in [0.2, 0.25) is 5.91 Å². The molecule has 0 fully saturated rings. The number of carbonyl (C=O) groups is 1. The van der Waals surface area contributed by atoms with Crippen molar-refractivity contribution in [1.29, 1.82) is 0 Å². The first-order valence-corrected chi connectivity index (χ1v) is 9.03. The van der Waals surface area contributed by atoms with Crippen LogP contribution in [-0.2, 0) is 24.6 Å². The van der Waals surface area contributed by atoms with Crippen molar-refractivity contribution in [2.24, 2.45) is 7.05 Å². The van der Waals surface area contributed by atoms with Crippen LogP contribution in [0, 0.1) is 6.92 Å². The number of benzene rings is 1. The Morgan fingerprint density at radius 2 is 1.83 bits per heavy atom. The number of aromatic nitrogens is 3. The van der Waals surface area contributed by atoms with Crippen LogP contribution in [0.1, 0.15) is 25.1 Å². The number of anilines is 1. The lowest BCUT2D eigenvalue weighted by atomic mass is 10.1. The van der Waals surface area contributed by atoms with Gasteiger partial charge in [-0.3, -0.25) is 14.3 Å². The van der Waals surface area contributed by atoms with E-state index < -0.39 is 35.1 Å². The molecule has 2 heterocycles. The fourth-order valence-corrected chi connectivity index (χ4v) is 3.41. The normalized spacial score (nSPS) is 12.0. The Labute approximate surface area is 165 Å². The fraction of sp³-hybridized carbons (Fsp3) is 0.350. The van der Waals surface area contributed by atoms with Gasteiger partial charge in [-0.15, -0.1) is 0 Å². The third-order valence-electron chi connectivity index (χ3n) is 4.66. The van der Waals surface area contributed by atoms with Gasteiger partial charge in [-0.25, -0.2) is 9.67 Å². The molecule has 0 N–H and O–H groups in total. The number of rotatable bonds is 4. The van der Waals surface area contributed by atoms with Crippen molar-refractivity contribution in [2.45, 2.75) is 39.5 Å². The first-order chi connectivity index (χ1) is 13.5. The molecule has 6 nitrogen and oxygen atoms in total. The quantitative estimate of drug-likeness (QED) is 0.666. The van der Waals surface area contributed by atoms with Crippen LogP contribution >= 0.6 is 0 Å². The van der Waals surface area contributed by atoms with Gasteiger partial charge in [0.1, 0.15) is 6.54 Å². The summed E-state index contributed by atoms with van der Waals surface area (Å²) in [5, 5.41) is -0.533. The SMILES string of the molecule is Cc1cc(C(F)(F)F)c2c(=O)n(CC(=O)N(c3ccccc3)C(C)C)n(C)c2n1. The molecule has 0 aliphatic rings. The van der Waals surface area contributed by atoms with Crippen molar-refractivity contribution >= 4 is 22.6 Å². The van der Waals surface area contributed by atoms with E-state index in [-0.39, 0.29) is 17.4 Å². The molecule has 0 aliphatic heterocycles. The number of alkyl halides is 3. The summed E-state index contributed by atoms with van der Waals surface area (Å²) >= 11 is 0. The molecule has 0 aliphatic carbocycles. The van der Waals surface area contributed by atoms with E-state index in [1.54, 1.807) is 24.3 Å². The van der Waals surface area contributed by atoms with Gasteiger partial charge in [0, 0.05) is 24.5 Å². The van der Waals surface area contributed by atoms with Gasteiger partial charge < -0.3 is 4.90 Å². The highest BCUT2D eigenvalue weighted by Crippen LogP contribution is 2.33. The summed E-state index contributed by atoms with van der Waals surface area (Å²) in [6.45, 7) is 4.66. The van der Waals surface area contributed by atoms with E-state index >= 15 is 0 Å². The van der Waals surface area contributed by atoms with E-state index in [0.717, 1.165) is 10.7 Å². The van der Waals surface area contributed by atoms with E-state index in [1.807, 2.05) is 19.9 Å². The van der Waals surface area contributed by atoms with Crippen LogP contribution in [0.2, 0.25) is 0 Å². The molecule has 0 saturated heterocycles. The van der Waals surface area contributed by atoms with Crippen LogP contribution in [0.15, 0.2) is 41.2 Å². The van der Waals surface area contributed by atoms with E-state index in [9.17, 15) is 22.8 Å². The molecule has 0 radical (unpaired) electrons. The highest BCUT2D eigenvalue weighted by atomic mass is 19.4. The average molecular weight is 406 g/mol. The van der Waals surface area contributed by atoms with Crippen LogP contribution in [0.25, 0.3) is 11.0 Å². The smallest absolute Gasteiger partial charge is 0.308 e. The average Bonchev–Trinajstić information content (AvgIpc) is 2.86. The van der Waals surface area contributed by atoms with Gasteiger partial charge in [0.25, 0.3) is 5.56 Å². The molecular weight excluding hydrogens is 385 g/mol. The molecule has 0 unspecified atom stereocenters. The highest BCUT2D eigenvalue weighted by molar-refractivity contribution is 5.94. The van der Waals surface area contributed by atoms with Gasteiger partial charge in [0.05, 0.1) is 10.9 Å². The van der Waals surface area contributed by atoms with E-state index in [2.05, 4.69) is 4.98 Å². The fourth-order valence-electron chi connectivity index (χ4n) is 3.41. The summed E-state index contributed by atoms with van der Waals surface area (Å²) in [5.41, 5.74) is -1.27. The number of fused-ring (bicyclic) bond motifs is 1. The van der Waals surface area contributed by atoms with Crippen molar-refractivity contribution in [3.05, 3.63) is 58.0 Å². The van der Waals surface area contributed by atoms with Crippen molar-refractivity contribution in [3.8, 4) is 0 Å². The first kappa shape index (κ1) is 20.6. The summed E-state index contributed by atoms with van der Waals surface area (Å²) in [6.07, 6.45) is -4.71. The van der Waals surface area contributed by atoms with Crippen molar-refractivity contribution in [2.75, 3.05) is 4.90 Å². The summed E-state index contributed by atoms with van der Waals surface area (Å²) in [6, 6.07) is 9.53. The van der Waals surface area contributed by atoms with E-state index in [0.29, 0.717) is 5.69 Å². The number of hydrogen-bond donors (Lipinski definition) is 0. The van der Waals surface area contributed by atoms with Crippen molar-refractivity contribution in [3.63, 3.8) is 0 Å². The molecule has 1 amide bonds. The predicted molar refractivity (Wildman–Crippen MR) is 104 cm³/mol. The molecule has 0 saturated carbocycles. The lowest BCUT2D eigenvalue weighted by molar-refractivity contribution is -0.136. The van der Waals surface area contributed by atoms with Gasteiger partial charge in [-0.2, -0.15) is 13.2 Å².